The molecule has 1 amide bonds. The molecule has 5 atom stereocenters. The van der Waals surface area contributed by atoms with E-state index in [1.165, 1.54) is 43.5 Å². The maximum absolute atomic E-state index is 13.4. The quantitative estimate of drug-likeness (QED) is 0.188. The second kappa shape index (κ2) is 14.9. The van der Waals surface area contributed by atoms with E-state index in [1.54, 1.807) is 69.3 Å². The van der Waals surface area contributed by atoms with Crippen molar-refractivity contribution in [2.45, 2.75) is 68.8 Å². The number of hydrogen-bond donors (Lipinski definition) is 1. The van der Waals surface area contributed by atoms with E-state index >= 15 is 0 Å². The van der Waals surface area contributed by atoms with Crippen molar-refractivity contribution in [1.82, 2.24) is 5.32 Å². The van der Waals surface area contributed by atoms with E-state index < -0.39 is 71.0 Å². The third kappa shape index (κ3) is 9.13. The van der Waals surface area contributed by atoms with Gasteiger partial charge in [-0.15, -0.1) is 0 Å². The summed E-state index contributed by atoms with van der Waals surface area (Å²) in [6, 6.07) is 20.7. The van der Waals surface area contributed by atoms with Crippen molar-refractivity contribution >= 4 is 28.1 Å². The fourth-order valence-electron chi connectivity index (χ4n) is 4.58. The number of methoxy groups -OCH3 is 1. The number of benzene rings is 3. The molecular formula is C33H37NO11S. The lowest BCUT2D eigenvalue weighted by molar-refractivity contribution is -0.259. The number of rotatable bonds is 10. The summed E-state index contributed by atoms with van der Waals surface area (Å²) in [5.74, 6) is -1.64. The van der Waals surface area contributed by atoms with Crippen LogP contribution in [0.3, 0.4) is 0 Å². The van der Waals surface area contributed by atoms with Crippen LogP contribution >= 0.6 is 0 Å². The Kier molecular flexibility index (Phi) is 11.2. The zero-order valence-corrected chi connectivity index (χ0v) is 26.9. The Hall–Kier alpha value is -4.30. The van der Waals surface area contributed by atoms with Crippen molar-refractivity contribution in [1.29, 1.82) is 0 Å². The third-order valence-electron chi connectivity index (χ3n) is 6.76. The molecule has 0 aromatic heterocycles. The average Bonchev–Trinajstić information content (AvgIpc) is 3.02. The second-order valence-corrected chi connectivity index (χ2v) is 13.1. The fraction of sp³-hybridized carbons (Fsp3) is 0.364. The number of hydrogen-bond acceptors (Lipinski definition) is 11. The molecule has 0 aliphatic carbocycles. The number of amides is 1. The zero-order valence-electron chi connectivity index (χ0n) is 26.1. The van der Waals surface area contributed by atoms with Crippen LogP contribution < -0.4 is 5.32 Å². The molecule has 0 spiro atoms. The molecule has 1 aliphatic heterocycles. The number of nitrogens with one attached hydrogen (secondary N) is 1. The van der Waals surface area contributed by atoms with Gasteiger partial charge in [0.15, 0.2) is 18.5 Å². The van der Waals surface area contributed by atoms with Crippen molar-refractivity contribution in [3.05, 3.63) is 102 Å². The molecular weight excluding hydrogens is 618 g/mol. The predicted molar refractivity (Wildman–Crippen MR) is 164 cm³/mol. The smallest absolute Gasteiger partial charge is 0.408 e. The molecule has 3 aromatic carbocycles. The molecule has 1 fully saturated rings. The monoisotopic (exact) mass is 655 g/mol. The molecule has 3 aromatic rings. The summed E-state index contributed by atoms with van der Waals surface area (Å²) < 4.78 is 60.3. The average molecular weight is 656 g/mol. The summed E-state index contributed by atoms with van der Waals surface area (Å²) in [6.07, 6.45) is -6.55. The lowest BCUT2D eigenvalue weighted by Gasteiger charge is -2.44. The summed E-state index contributed by atoms with van der Waals surface area (Å²) in [5.41, 5.74) is 0.283. The van der Waals surface area contributed by atoms with E-state index in [1.807, 2.05) is 6.92 Å². The Morgan fingerprint density at radius 2 is 1.33 bits per heavy atom. The molecule has 0 bridgehead atoms. The van der Waals surface area contributed by atoms with Crippen LogP contribution in [-0.4, -0.2) is 76.4 Å². The van der Waals surface area contributed by atoms with Gasteiger partial charge in [0.1, 0.15) is 17.7 Å². The number of carbonyl (C=O) groups excluding carboxylic acids is 3. The number of aryl methyl sites for hydroxylation is 1. The number of alkyl carbamates (subject to hydrolysis) is 1. The highest BCUT2D eigenvalue weighted by atomic mass is 32.2. The van der Waals surface area contributed by atoms with Gasteiger partial charge < -0.3 is 29.0 Å². The van der Waals surface area contributed by atoms with Gasteiger partial charge in [0.2, 0.25) is 0 Å². The largest absolute Gasteiger partial charge is 0.452 e. The van der Waals surface area contributed by atoms with Gasteiger partial charge in [-0.25, -0.2) is 14.4 Å². The molecule has 46 heavy (non-hydrogen) atoms. The van der Waals surface area contributed by atoms with E-state index in [9.17, 15) is 22.8 Å². The summed E-state index contributed by atoms with van der Waals surface area (Å²) in [6.45, 7) is 6.13. The molecule has 1 N–H and O–H groups in total. The van der Waals surface area contributed by atoms with E-state index in [-0.39, 0.29) is 16.0 Å². The minimum Gasteiger partial charge on any atom is -0.452 e. The first-order valence-corrected chi connectivity index (χ1v) is 15.8. The molecule has 0 radical (unpaired) electrons. The standard InChI is InChI=1S/C33H37NO11S/c1-21-16-18-24(19-17-21)46(38,39)41-20-25-27(43-29(35)22-12-8-6-9-13-22)28(44-30(36)23-14-10-7-11-15-23)26(31(40-5)42-25)34-32(37)45-33(2,3)4/h6-19,25-28,31H,20H2,1-5H3,(H,34,37)/t25-,26-,27-,28-,31-/m1/s1. The van der Waals surface area contributed by atoms with Crippen molar-refractivity contribution in [2.75, 3.05) is 13.7 Å². The van der Waals surface area contributed by atoms with Crippen LogP contribution in [0.5, 0.6) is 0 Å². The van der Waals surface area contributed by atoms with E-state index in [0.717, 1.165) is 5.56 Å². The second-order valence-electron chi connectivity index (χ2n) is 11.5. The third-order valence-corrected chi connectivity index (χ3v) is 8.06. The summed E-state index contributed by atoms with van der Waals surface area (Å²) in [5, 5.41) is 2.61. The van der Waals surface area contributed by atoms with Crippen molar-refractivity contribution in [3.8, 4) is 0 Å². The summed E-state index contributed by atoms with van der Waals surface area (Å²) in [4.78, 5) is 39.6. The lowest BCUT2D eigenvalue weighted by atomic mass is 9.96. The topological polar surface area (TPSA) is 153 Å². The number of esters is 2. The van der Waals surface area contributed by atoms with Gasteiger partial charge in [-0.3, -0.25) is 4.18 Å². The van der Waals surface area contributed by atoms with Crippen LogP contribution in [-0.2, 0) is 38.0 Å². The zero-order chi connectivity index (χ0) is 33.5. The molecule has 0 unspecified atom stereocenters. The molecule has 4 rings (SSSR count). The van der Waals surface area contributed by atoms with Gasteiger partial charge in [0.05, 0.1) is 22.6 Å². The molecule has 1 saturated heterocycles. The Morgan fingerprint density at radius 3 is 1.83 bits per heavy atom. The van der Waals surface area contributed by atoms with Crippen LogP contribution in [0, 0.1) is 6.92 Å². The first-order valence-electron chi connectivity index (χ1n) is 14.4. The summed E-state index contributed by atoms with van der Waals surface area (Å²) >= 11 is 0. The first-order chi connectivity index (χ1) is 21.8. The number of carbonyl (C=O) groups is 3. The van der Waals surface area contributed by atoms with Gasteiger partial charge in [-0.1, -0.05) is 54.1 Å². The van der Waals surface area contributed by atoms with Gasteiger partial charge in [-0.2, -0.15) is 8.42 Å². The van der Waals surface area contributed by atoms with Crippen LogP contribution in [0.2, 0.25) is 0 Å². The number of ether oxygens (including phenoxy) is 5. The van der Waals surface area contributed by atoms with Gasteiger partial charge in [0.25, 0.3) is 10.1 Å². The van der Waals surface area contributed by atoms with E-state index in [0.29, 0.717) is 0 Å². The highest BCUT2D eigenvalue weighted by Gasteiger charge is 2.52. The van der Waals surface area contributed by atoms with Crippen molar-refractivity contribution < 1.29 is 50.7 Å². The highest BCUT2D eigenvalue weighted by Crippen LogP contribution is 2.30. The molecule has 1 heterocycles. The fourth-order valence-corrected chi connectivity index (χ4v) is 5.50. The lowest BCUT2D eigenvalue weighted by Crippen LogP contribution is -2.67. The minimum atomic E-state index is -4.30. The molecule has 1 aliphatic rings. The van der Waals surface area contributed by atoms with Crippen LogP contribution in [0.4, 0.5) is 4.79 Å². The van der Waals surface area contributed by atoms with Gasteiger partial charge in [0, 0.05) is 7.11 Å². The predicted octanol–water partition coefficient (Wildman–Crippen LogP) is 4.42. The Labute approximate surface area is 268 Å². The van der Waals surface area contributed by atoms with Crippen LogP contribution in [0.25, 0.3) is 0 Å². The maximum atomic E-state index is 13.4. The van der Waals surface area contributed by atoms with E-state index in [2.05, 4.69) is 5.32 Å². The van der Waals surface area contributed by atoms with Crippen molar-refractivity contribution in [2.24, 2.45) is 0 Å². The molecule has 0 saturated carbocycles. The van der Waals surface area contributed by atoms with Gasteiger partial charge >= 0.3 is 18.0 Å². The molecule has 12 nitrogen and oxygen atoms in total. The van der Waals surface area contributed by atoms with Crippen LogP contribution in [0.15, 0.2) is 89.8 Å². The summed E-state index contributed by atoms with van der Waals surface area (Å²) in [7, 11) is -3.02. The Balaban J connectivity index is 1.73. The van der Waals surface area contributed by atoms with Crippen molar-refractivity contribution in [3.63, 3.8) is 0 Å². The first kappa shape index (κ1) is 34.6. The van der Waals surface area contributed by atoms with E-state index in [4.69, 9.17) is 27.9 Å². The molecule has 246 valence electrons. The highest BCUT2D eigenvalue weighted by molar-refractivity contribution is 7.86. The molecule has 13 heteroatoms. The maximum Gasteiger partial charge on any atom is 0.408 e. The minimum absolute atomic E-state index is 0.105. The normalized spacial score (nSPS) is 21.5. The van der Waals surface area contributed by atoms with Crippen LogP contribution in [0.1, 0.15) is 47.1 Å². The Morgan fingerprint density at radius 1 is 0.804 bits per heavy atom. The SMILES string of the molecule is CO[C@@H]1O[C@H](COS(=O)(=O)c2ccc(C)cc2)[C@@H](OC(=O)c2ccccc2)[C@H](OC(=O)c2ccccc2)[C@H]1NC(=O)OC(C)(C)C. The Bertz CT molecular complexity index is 1590. The van der Waals surface area contributed by atoms with Gasteiger partial charge in [-0.05, 0) is 64.1 Å².